The zero-order valence-electron chi connectivity index (χ0n) is 7.82. The van der Waals surface area contributed by atoms with Gasteiger partial charge in [-0.1, -0.05) is 6.92 Å². The molecule has 0 bridgehead atoms. The Bertz CT molecular complexity index is 445. The summed E-state index contributed by atoms with van der Waals surface area (Å²) in [6.07, 6.45) is 3.93. The summed E-state index contributed by atoms with van der Waals surface area (Å²) in [4.78, 5) is 10.1. The van der Waals surface area contributed by atoms with Crippen LogP contribution in [0.1, 0.15) is 29.8 Å². The first-order valence-electron chi connectivity index (χ1n) is 4.70. The second kappa shape index (κ2) is 2.88. The van der Waals surface area contributed by atoms with E-state index < -0.39 is 0 Å². The molecule has 0 fully saturated rings. The van der Waals surface area contributed by atoms with E-state index in [0.717, 1.165) is 10.8 Å². The lowest BCUT2D eigenvalue weighted by Gasteiger charge is -1.96. The summed E-state index contributed by atoms with van der Waals surface area (Å²) >= 11 is 1.74. The van der Waals surface area contributed by atoms with Gasteiger partial charge in [-0.3, -0.25) is 5.10 Å². The summed E-state index contributed by atoms with van der Waals surface area (Å²) in [5.74, 6) is 1.40. The van der Waals surface area contributed by atoms with Gasteiger partial charge in [0.2, 0.25) is 0 Å². The SMILES string of the molecule is CC1CCc2sc(-c3ncn[nH]3)nc21. The molecule has 1 unspecified atom stereocenters. The van der Waals surface area contributed by atoms with Gasteiger partial charge < -0.3 is 0 Å². The molecule has 3 rings (SSSR count). The Balaban J connectivity index is 2.07. The van der Waals surface area contributed by atoms with Gasteiger partial charge in [-0.2, -0.15) is 5.10 Å². The summed E-state index contributed by atoms with van der Waals surface area (Å²) in [7, 11) is 0. The number of aromatic nitrogens is 4. The van der Waals surface area contributed by atoms with Gasteiger partial charge >= 0.3 is 0 Å². The minimum Gasteiger partial charge on any atom is -0.257 e. The van der Waals surface area contributed by atoms with Crippen molar-refractivity contribution in [1.82, 2.24) is 20.2 Å². The number of H-pyrrole nitrogens is 1. The zero-order chi connectivity index (χ0) is 9.54. The third-order valence-corrected chi connectivity index (χ3v) is 3.75. The molecule has 0 aromatic carbocycles. The number of nitrogens with one attached hydrogen (secondary N) is 1. The molecule has 5 heteroatoms. The molecule has 0 saturated heterocycles. The highest BCUT2D eigenvalue weighted by Crippen LogP contribution is 2.38. The van der Waals surface area contributed by atoms with E-state index in [-0.39, 0.29) is 0 Å². The summed E-state index contributed by atoms with van der Waals surface area (Å²) in [5, 5.41) is 7.65. The van der Waals surface area contributed by atoms with Gasteiger partial charge in [-0.15, -0.1) is 11.3 Å². The molecule has 2 heterocycles. The van der Waals surface area contributed by atoms with Gasteiger partial charge in [-0.05, 0) is 18.8 Å². The predicted octanol–water partition coefficient (Wildman–Crippen LogP) is 1.98. The number of hydrogen-bond acceptors (Lipinski definition) is 4. The van der Waals surface area contributed by atoms with E-state index in [1.165, 1.54) is 29.7 Å². The van der Waals surface area contributed by atoms with Crippen LogP contribution in [0.5, 0.6) is 0 Å². The Hall–Kier alpha value is -1.23. The molecule has 2 aromatic rings. The van der Waals surface area contributed by atoms with Crippen LogP contribution in [0, 0.1) is 0 Å². The molecule has 4 nitrogen and oxygen atoms in total. The molecule has 1 atom stereocenters. The van der Waals surface area contributed by atoms with Gasteiger partial charge in [0.05, 0.1) is 5.69 Å². The number of fused-ring (bicyclic) bond motifs is 1. The quantitative estimate of drug-likeness (QED) is 0.776. The molecule has 72 valence electrons. The van der Waals surface area contributed by atoms with Crippen molar-refractivity contribution in [1.29, 1.82) is 0 Å². The van der Waals surface area contributed by atoms with E-state index in [9.17, 15) is 0 Å². The van der Waals surface area contributed by atoms with Gasteiger partial charge in [-0.25, -0.2) is 9.97 Å². The molecule has 0 radical (unpaired) electrons. The van der Waals surface area contributed by atoms with Crippen molar-refractivity contribution >= 4 is 11.3 Å². The van der Waals surface area contributed by atoms with Crippen LogP contribution in [0.25, 0.3) is 10.8 Å². The van der Waals surface area contributed by atoms with Crippen LogP contribution in [-0.4, -0.2) is 20.2 Å². The van der Waals surface area contributed by atoms with Gasteiger partial charge in [0.15, 0.2) is 10.8 Å². The Labute approximate surface area is 85.4 Å². The highest BCUT2D eigenvalue weighted by atomic mass is 32.1. The lowest BCUT2D eigenvalue weighted by Crippen LogP contribution is -1.88. The predicted molar refractivity (Wildman–Crippen MR) is 54.2 cm³/mol. The van der Waals surface area contributed by atoms with Gasteiger partial charge in [0.1, 0.15) is 6.33 Å². The second-order valence-corrected chi connectivity index (χ2v) is 4.68. The van der Waals surface area contributed by atoms with Crippen LogP contribution >= 0.6 is 11.3 Å². The molecule has 0 amide bonds. The van der Waals surface area contributed by atoms with Crippen molar-refractivity contribution < 1.29 is 0 Å². The Kier molecular flexibility index (Phi) is 1.67. The Morgan fingerprint density at radius 2 is 2.50 bits per heavy atom. The maximum atomic E-state index is 4.60. The molecule has 0 saturated carbocycles. The largest absolute Gasteiger partial charge is 0.257 e. The monoisotopic (exact) mass is 206 g/mol. The summed E-state index contributed by atoms with van der Waals surface area (Å²) in [6.45, 7) is 2.23. The molecule has 1 aliphatic carbocycles. The van der Waals surface area contributed by atoms with E-state index in [2.05, 4.69) is 27.1 Å². The first-order valence-corrected chi connectivity index (χ1v) is 5.51. The first kappa shape index (κ1) is 8.11. The fourth-order valence-electron chi connectivity index (χ4n) is 1.82. The normalized spacial score (nSPS) is 19.9. The van der Waals surface area contributed by atoms with Crippen molar-refractivity contribution in [3.05, 3.63) is 16.9 Å². The minimum atomic E-state index is 0.609. The van der Waals surface area contributed by atoms with Crippen molar-refractivity contribution in [2.75, 3.05) is 0 Å². The lowest BCUT2D eigenvalue weighted by molar-refractivity contribution is 0.731. The maximum Gasteiger partial charge on any atom is 0.184 e. The summed E-state index contributed by atoms with van der Waals surface area (Å²) < 4.78 is 0. The molecular formula is C9H10N4S. The molecule has 1 N–H and O–H groups in total. The van der Waals surface area contributed by atoms with Crippen molar-refractivity contribution in [3.63, 3.8) is 0 Å². The molecular weight excluding hydrogens is 196 g/mol. The van der Waals surface area contributed by atoms with Crippen LogP contribution in [-0.2, 0) is 6.42 Å². The first-order chi connectivity index (χ1) is 6.84. The Morgan fingerprint density at radius 1 is 1.57 bits per heavy atom. The smallest absolute Gasteiger partial charge is 0.184 e. The number of aromatic amines is 1. The van der Waals surface area contributed by atoms with Crippen molar-refractivity contribution in [2.24, 2.45) is 0 Å². The number of aryl methyl sites for hydroxylation is 1. The van der Waals surface area contributed by atoms with Gasteiger partial charge in [0, 0.05) is 4.88 Å². The highest BCUT2D eigenvalue weighted by Gasteiger charge is 2.24. The van der Waals surface area contributed by atoms with Crippen LogP contribution in [0.3, 0.4) is 0 Å². The van der Waals surface area contributed by atoms with E-state index in [0.29, 0.717) is 5.92 Å². The van der Waals surface area contributed by atoms with E-state index >= 15 is 0 Å². The average Bonchev–Trinajstić information content (AvgIpc) is 2.83. The maximum absolute atomic E-state index is 4.60. The fraction of sp³-hybridized carbons (Fsp3) is 0.444. The summed E-state index contributed by atoms with van der Waals surface area (Å²) in [6, 6.07) is 0. The van der Waals surface area contributed by atoms with Crippen LogP contribution < -0.4 is 0 Å². The standard InChI is InChI=1S/C9H10N4S/c1-5-2-3-6-7(5)12-9(14-6)8-10-4-11-13-8/h4-5H,2-3H2,1H3,(H,10,11,13). The van der Waals surface area contributed by atoms with Crippen molar-refractivity contribution in [2.45, 2.75) is 25.7 Å². The fourth-order valence-corrected chi connectivity index (χ4v) is 2.97. The molecule has 0 spiro atoms. The topological polar surface area (TPSA) is 54.5 Å². The molecule has 1 aliphatic rings. The van der Waals surface area contributed by atoms with E-state index in [4.69, 9.17) is 0 Å². The van der Waals surface area contributed by atoms with E-state index in [1.807, 2.05) is 0 Å². The van der Waals surface area contributed by atoms with Crippen molar-refractivity contribution in [3.8, 4) is 10.8 Å². The van der Waals surface area contributed by atoms with E-state index in [1.54, 1.807) is 11.3 Å². The van der Waals surface area contributed by atoms with Crippen LogP contribution in [0.4, 0.5) is 0 Å². The summed E-state index contributed by atoms with van der Waals surface area (Å²) in [5.41, 5.74) is 1.27. The minimum absolute atomic E-state index is 0.609. The lowest BCUT2D eigenvalue weighted by atomic mass is 10.1. The second-order valence-electron chi connectivity index (χ2n) is 3.60. The third kappa shape index (κ3) is 1.09. The Morgan fingerprint density at radius 3 is 3.21 bits per heavy atom. The molecule has 14 heavy (non-hydrogen) atoms. The number of thiazole rings is 1. The highest BCUT2D eigenvalue weighted by molar-refractivity contribution is 7.15. The van der Waals surface area contributed by atoms with Gasteiger partial charge in [0.25, 0.3) is 0 Å². The average molecular weight is 206 g/mol. The number of rotatable bonds is 1. The number of hydrogen-bond donors (Lipinski definition) is 1. The number of nitrogens with zero attached hydrogens (tertiary/aromatic N) is 3. The third-order valence-electron chi connectivity index (χ3n) is 2.62. The van der Waals surface area contributed by atoms with Crippen LogP contribution in [0.15, 0.2) is 6.33 Å². The molecule has 2 aromatic heterocycles. The molecule has 0 aliphatic heterocycles. The zero-order valence-corrected chi connectivity index (χ0v) is 8.64. The van der Waals surface area contributed by atoms with Crippen LogP contribution in [0.2, 0.25) is 0 Å².